The fraction of sp³-hybridized carbons (Fsp3) is 0.367. The number of hydrogen-bond acceptors (Lipinski definition) is 6. The van der Waals surface area contributed by atoms with Crippen LogP contribution >= 0.6 is 11.8 Å². The summed E-state index contributed by atoms with van der Waals surface area (Å²) in [5, 5.41) is 0. The number of carbonyl (C=O) groups excluding carboxylic acids is 1. The highest BCUT2D eigenvalue weighted by molar-refractivity contribution is 7.99. The van der Waals surface area contributed by atoms with Gasteiger partial charge in [-0.15, -0.1) is 0 Å². The van der Waals surface area contributed by atoms with Crippen LogP contribution in [0.25, 0.3) is 0 Å². The average molecular weight is 509 g/mol. The third-order valence-corrected chi connectivity index (χ3v) is 6.52. The summed E-state index contributed by atoms with van der Waals surface area (Å²) in [4.78, 5) is 14.3. The number of ether oxygens (including phenoxy) is 4. The van der Waals surface area contributed by atoms with Gasteiger partial charge in [-0.2, -0.15) is 0 Å². The summed E-state index contributed by atoms with van der Waals surface area (Å²) < 4.78 is 23.1. The third kappa shape index (κ3) is 8.23. The molecule has 0 heterocycles. The van der Waals surface area contributed by atoms with Crippen molar-refractivity contribution in [2.75, 3.05) is 13.2 Å². The Balaban J connectivity index is 1.52. The fourth-order valence-corrected chi connectivity index (χ4v) is 4.40. The van der Waals surface area contributed by atoms with Gasteiger partial charge in [0.2, 0.25) is 0 Å². The van der Waals surface area contributed by atoms with Crippen LogP contribution in [0.3, 0.4) is 0 Å². The molecule has 0 fully saturated rings. The number of carbonyl (C=O) groups is 1. The smallest absolute Gasteiger partial charge is 0.349 e. The molecule has 1 atom stereocenters. The van der Waals surface area contributed by atoms with Gasteiger partial charge in [0.05, 0.1) is 24.2 Å². The van der Waals surface area contributed by atoms with Crippen molar-refractivity contribution in [2.24, 2.45) is 0 Å². The van der Waals surface area contributed by atoms with Crippen LogP contribution in [0.4, 0.5) is 0 Å². The zero-order valence-electron chi connectivity index (χ0n) is 21.8. The highest BCUT2D eigenvalue weighted by Crippen LogP contribution is 2.36. The van der Waals surface area contributed by atoms with E-state index in [2.05, 4.69) is 44.2 Å². The number of esters is 1. The molecular formula is C30H36O5S. The van der Waals surface area contributed by atoms with Crippen LogP contribution in [0.15, 0.2) is 82.6 Å². The molecule has 0 spiro atoms. The number of hydrogen-bond donors (Lipinski definition) is 0. The first-order valence-corrected chi connectivity index (χ1v) is 13.2. The Hall–Kier alpha value is -3.12. The topological polar surface area (TPSA) is 54.0 Å². The third-order valence-electron chi connectivity index (χ3n) is 5.47. The van der Waals surface area contributed by atoms with Crippen molar-refractivity contribution in [3.8, 4) is 17.2 Å². The fourth-order valence-electron chi connectivity index (χ4n) is 3.43. The SMILES string of the molecule is CCOC(=O)C(C)(C)Oc1ccc(OCC[C@@H](C)Oc2ccc(CC)cc2Sc2ccccc2)cc1. The minimum absolute atomic E-state index is 0.0133. The Bertz CT molecular complexity index is 1100. The van der Waals surface area contributed by atoms with Crippen molar-refractivity contribution in [1.82, 2.24) is 0 Å². The highest BCUT2D eigenvalue weighted by atomic mass is 32.2. The van der Waals surface area contributed by atoms with Crippen LogP contribution in [-0.4, -0.2) is 30.9 Å². The van der Waals surface area contributed by atoms with E-state index in [0.29, 0.717) is 19.0 Å². The van der Waals surface area contributed by atoms with E-state index in [1.165, 1.54) is 10.5 Å². The summed E-state index contributed by atoms with van der Waals surface area (Å²) in [6.07, 6.45) is 1.70. The molecular weight excluding hydrogens is 472 g/mol. The molecule has 0 aliphatic carbocycles. The second kappa shape index (κ2) is 13.3. The minimum Gasteiger partial charge on any atom is -0.493 e. The molecule has 0 radical (unpaired) electrons. The first-order chi connectivity index (χ1) is 17.3. The predicted molar refractivity (Wildman–Crippen MR) is 144 cm³/mol. The summed E-state index contributed by atoms with van der Waals surface area (Å²) in [6, 6.07) is 24.0. The zero-order valence-corrected chi connectivity index (χ0v) is 22.6. The van der Waals surface area contributed by atoms with Gasteiger partial charge in [0.1, 0.15) is 17.2 Å². The molecule has 3 rings (SSSR count). The quantitative estimate of drug-likeness (QED) is 0.225. The summed E-state index contributed by atoms with van der Waals surface area (Å²) in [5.41, 5.74) is 0.229. The van der Waals surface area contributed by atoms with Gasteiger partial charge in [-0.1, -0.05) is 43.0 Å². The summed E-state index contributed by atoms with van der Waals surface area (Å²) in [6.45, 7) is 10.2. The van der Waals surface area contributed by atoms with E-state index >= 15 is 0 Å². The molecule has 0 unspecified atom stereocenters. The second-order valence-corrected chi connectivity index (χ2v) is 10.0. The van der Waals surface area contributed by atoms with Crippen LogP contribution < -0.4 is 14.2 Å². The number of aryl methyl sites for hydroxylation is 1. The van der Waals surface area contributed by atoms with Crippen molar-refractivity contribution in [3.05, 3.63) is 78.4 Å². The standard InChI is InChI=1S/C30H36O5S/c1-6-23-13-18-27(28(21-23)36-26-11-9-8-10-12-26)34-22(3)19-20-33-24-14-16-25(17-15-24)35-30(4,5)29(31)32-7-2/h8-18,21-22H,6-7,19-20H2,1-5H3/t22-/m1/s1. The van der Waals surface area contributed by atoms with Gasteiger partial charge in [-0.3, -0.25) is 0 Å². The number of rotatable bonds is 13. The molecule has 0 N–H and O–H groups in total. The molecule has 0 aliphatic heterocycles. The maximum absolute atomic E-state index is 12.0. The van der Waals surface area contributed by atoms with E-state index in [4.69, 9.17) is 18.9 Å². The Morgan fingerprint density at radius 2 is 1.64 bits per heavy atom. The lowest BCUT2D eigenvalue weighted by Gasteiger charge is -2.24. The van der Waals surface area contributed by atoms with Crippen molar-refractivity contribution >= 4 is 17.7 Å². The Morgan fingerprint density at radius 3 is 2.31 bits per heavy atom. The lowest BCUT2D eigenvalue weighted by atomic mass is 10.1. The maximum Gasteiger partial charge on any atom is 0.349 e. The molecule has 192 valence electrons. The minimum atomic E-state index is -1.06. The van der Waals surface area contributed by atoms with E-state index in [9.17, 15) is 4.79 Å². The van der Waals surface area contributed by atoms with Gasteiger partial charge in [0, 0.05) is 11.3 Å². The lowest BCUT2D eigenvalue weighted by molar-refractivity contribution is -0.158. The van der Waals surface area contributed by atoms with Crippen LogP contribution in [-0.2, 0) is 16.0 Å². The highest BCUT2D eigenvalue weighted by Gasteiger charge is 2.31. The van der Waals surface area contributed by atoms with E-state index < -0.39 is 11.6 Å². The van der Waals surface area contributed by atoms with E-state index in [0.717, 1.165) is 29.2 Å². The van der Waals surface area contributed by atoms with Gasteiger partial charge in [-0.25, -0.2) is 4.79 Å². The van der Waals surface area contributed by atoms with Gasteiger partial charge in [0.25, 0.3) is 0 Å². The zero-order chi connectivity index (χ0) is 26.0. The van der Waals surface area contributed by atoms with Gasteiger partial charge < -0.3 is 18.9 Å². The summed E-state index contributed by atoms with van der Waals surface area (Å²) in [5.74, 6) is 1.81. The first kappa shape index (κ1) is 27.5. The van der Waals surface area contributed by atoms with E-state index in [1.54, 1.807) is 44.7 Å². The molecule has 0 amide bonds. The predicted octanol–water partition coefficient (Wildman–Crippen LogP) is 7.36. The van der Waals surface area contributed by atoms with Gasteiger partial charge >= 0.3 is 5.97 Å². The average Bonchev–Trinajstić information content (AvgIpc) is 2.86. The van der Waals surface area contributed by atoms with Crippen molar-refractivity contribution in [2.45, 2.75) is 69.0 Å². The molecule has 3 aromatic carbocycles. The molecule has 0 saturated heterocycles. The van der Waals surface area contributed by atoms with Crippen molar-refractivity contribution < 1.29 is 23.7 Å². The first-order valence-electron chi connectivity index (χ1n) is 12.4. The maximum atomic E-state index is 12.0. The number of benzene rings is 3. The van der Waals surface area contributed by atoms with Crippen LogP contribution in [0.5, 0.6) is 17.2 Å². The summed E-state index contributed by atoms with van der Waals surface area (Å²) >= 11 is 1.72. The second-order valence-electron chi connectivity index (χ2n) is 8.92. The van der Waals surface area contributed by atoms with Crippen molar-refractivity contribution in [1.29, 1.82) is 0 Å². The largest absolute Gasteiger partial charge is 0.493 e. The van der Waals surface area contributed by atoms with Gasteiger partial charge in [0.15, 0.2) is 5.60 Å². The molecule has 0 saturated carbocycles. The molecule has 0 aliphatic rings. The normalized spacial score (nSPS) is 12.0. The van der Waals surface area contributed by atoms with Crippen LogP contribution in [0, 0.1) is 0 Å². The van der Waals surface area contributed by atoms with Crippen LogP contribution in [0.2, 0.25) is 0 Å². The molecule has 0 aromatic heterocycles. The van der Waals surface area contributed by atoms with Crippen molar-refractivity contribution in [3.63, 3.8) is 0 Å². The van der Waals surface area contributed by atoms with Crippen LogP contribution in [0.1, 0.15) is 46.6 Å². The lowest BCUT2D eigenvalue weighted by Crippen LogP contribution is -2.39. The summed E-state index contributed by atoms with van der Waals surface area (Å²) in [7, 11) is 0. The molecule has 36 heavy (non-hydrogen) atoms. The molecule has 5 nitrogen and oxygen atoms in total. The molecule has 3 aromatic rings. The van der Waals surface area contributed by atoms with E-state index in [-0.39, 0.29) is 6.10 Å². The monoisotopic (exact) mass is 508 g/mol. The van der Waals surface area contributed by atoms with Gasteiger partial charge in [-0.05, 0) is 88.2 Å². The Morgan fingerprint density at radius 1 is 0.944 bits per heavy atom. The Kier molecular flexibility index (Phi) is 10.1. The van der Waals surface area contributed by atoms with E-state index in [1.807, 2.05) is 30.3 Å². The Labute approximate surface area is 219 Å². The molecule has 6 heteroatoms. The molecule has 0 bridgehead atoms.